The summed E-state index contributed by atoms with van der Waals surface area (Å²) < 4.78 is 7.26. The Morgan fingerprint density at radius 1 is 1.30 bits per heavy atom. The maximum atomic E-state index is 12.6. The van der Waals surface area contributed by atoms with Gasteiger partial charge >= 0.3 is 0 Å². The zero-order chi connectivity index (χ0) is 18.8. The second kappa shape index (κ2) is 7.55. The Bertz CT molecular complexity index is 921. The van der Waals surface area contributed by atoms with Gasteiger partial charge in [0, 0.05) is 23.9 Å². The molecule has 0 unspecified atom stereocenters. The number of carbonyl (C=O) groups is 1. The summed E-state index contributed by atoms with van der Waals surface area (Å²) in [7, 11) is 0. The van der Waals surface area contributed by atoms with Crippen molar-refractivity contribution in [1.29, 1.82) is 0 Å². The van der Waals surface area contributed by atoms with Crippen LogP contribution >= 0.6 is 0 Å². The molecule has 0 aromatic carbocycles. The summed E-state index contributed by atoms with van der Waals surface area (Å²) in [6, 6.07) is 6.01. The van der Waals surface area contributed by atoms with Crippen LogP contribution in [0.2, 0.25) is 0 Å². The normalized spacial score (nSPS) is 20.1. The van der Waals surface area contributed by atoms with E-state index in [-0.39, 0.29) is 5.91 Å². The maximum Gasteiger partial charge on any atom is 0.256 e. The number of hydrogen-bond donors (Lipinski definition) is 1. The van der Waals surface area contributed by atoms with E-state index >= 15 is 0 Å². The molecule has 4 rings (SSSR count). The summed E-state index contributed by atoms with van der Waals surface area (Å²) in [5.74, 6) is 2.25. The second-order valence-corrected chi connectivity index (χ2v) is 7.61. The molecule has 0 spiro atoms. The van der Waals surface area contributed by atoms with E-state index in [1.165, 1.54) is 25.7 Å². The molecule has 1 amide bonds. The molecule has 0 bridgehead atoms. The SMILES string of the molecule is Cc1cc(C)n2ncc(C(=O)NCCC3CCC(c4ccco4)CC3)c2n1. The topological polar surface area (TPSA) is 72.4 Å². The fraction of sp³-hybridized carbons (Fsp3) is 0.476. The minimum atomic E-state index is -0.0910. The number of nitrogens with one attached hydrogen (secondary N) is 1. The number of aromatic nitrogens is 3. The Balaban J connectivity index is 1.29. The number of amides is 1. The van der Waals surface area contributed by atoms with Crippen molar-refractivity contribution in [2.24, 2.45) is 5.92 Å². The van der Waals surface area contributed by atoms with Crippen LogP contribution in [0.4, 0.5) is 0 Å². The summed E-state index contributed by atoms with van der Waals surface area (Å²) in [4.78, 5) is 17.1. The van der Waals surface area contributed by atoms with Crippen LogP contribution in [-0.4, -0.2) is 27.0 Å². The molecule has 1 saturated carbocycles. The summed E-state index contributed by atoms with van der Waals surface area (Å²) in [6.45, 7) is 4.59. The number of nitrogens with zero attached hydrogens (tertiary/aromatic N) is 3. The second-order valence-electron chi connectivity index (χ2n) is 7.61. The average molecular weight is 366 g/mol. The molecule has 27 heavy (non-hydrogen) atoms. The van der Waals surface area contributed by atoms with Crippen molar-refractivity contribution >= 4 is 11.6 Å². The largest absolute Gasteiger partial charge is 0.469 e. The zero-order valence-corrected chi connectivity index (χ0v) is 15.9. The van der Waals surface area contributed by atoms with Crippen molar-refractivity contribution in [3.8, 4) is 0 Å². The van der Waals surface area contributed by atoms with Crippen molar-refractivity contribution < 1.29 is 9.21 Å². The maximum absolute atomic E-state index is 12.6. The van der Waals surface area contributed by atoms with Gasteiger partial charge in [0.25, 0.3) is 5.91 Å². The number of fused-ring (bicyclic) bond motifs is 1. The molecule has 0 saturated heterocycles. The van der Waals surface area contributed by atoms with E-state index in [9.17, 15) is 4.79 Å². The highest BCUT2D eigenvalue weighted by Crippen LogP contribution is 2.36. The third-order valence-electron chi connectivity index (χ3n) is 5.65. The van der Waals surface area contributed by atoms with Gasteiger partial charge in [0.05, 0.1) is 12.5 Å². The van der Waals surface area contributed by atoms with E-state index < -0.39 is 0 Å². The molecule has 1 aliphatic rings. The molecule has 3 aromatic heterocycles. The quantitative estimate of drug-likeness (QED) is 0.740. The van der Waals surface area contributed by atoms with Crippen LogP contribution in [0.5, 0.6) is 0 Å². The first-order chi connectivity index (χ1) is 13.1. The monoisotopic (exact) mass is 366 g/mol. The van der Waals surface area contributed by atoms with Crippen LogP contribution in [0.1, 0.15) is 65.5 Å². The first-order valence-corrected chi connectivity index (χ1v) is 9.75. The number of rotatable bonds is 5. The minimum absolute atomic E-state index is 0.0910. The van der Waals surface area contributed by atoms with Crippen LogP contribution in [0.3, 0.4) is 0 Å². The predicted molar refractivity (Wildman–Crippen MR) is 103 cm³/mol. The molecule has 1 aliphatic carbocycles. The molecule has 142 valence electrons. The predicted octanol–water partition coefficient (Wildman–Crippen LogP) is 4.03. The van der Waals surface area contributed by atoms with Gasteiger partial charge in [-0.1, -0.05) is 0 Å². The van der Waals surface area contributed by atoms with Gasteiger partial charge in [0.2, 0.25) is 0 Å². The van der Waals surface area contributed by atoms with Crippen molar-refractivity contribution in [3.63, 3.8) is 0 Å². The highest BCUT2D eigenvalue weighted by Gasteiger charge is 2.24. The van der Waals surface area contributed by atoms with Crippen molar-refractivity contribution in [3.05, 3.63) is 53.4 Å². The number of furan rings is 1. The van der Waals surface area contributed by atoms with E-state index in [1.54, 1.807) is 17.0 Å². The van der Waals surface area contributed by atoms with Gasteiger partial charge in [0.1, 0.15) is 11.3 Å². The van der Waals surface area contributed by atoms with Crippen LogP contribution in [-0.2, 0) is 0 Å². The number of hydrogen-bond acceptors (Lipinski definition) is 4. The first-order valence-electron chi connectivity index (χ1n) is 9.75. The number of aryl methyl sites for hydroxylation is 2. The van der Waals surface area contributed by atoms with Crippen LogP contribution in [0.25, 0.3) is 5.65 Å². The van der Waals surface area contributed by atoms with E-state index in [0.29, 0.717) is 29.6 Å². The summed E-state index contributed by atoms with van der Waals surface area (Å²) in [5, 5.41) is 7.35. The molecular formula is C21H26N4O2. The van der Waals surface area contributed by atoms with Gasteiger partial charge in [-0.05, 0) is 70.1 Å². The van der Waals surface area contributed by atoms with Crippen LogP contribution < -0.4 is 5.32 Å². The van der Waals surface area contributed by atoms with Gasteiger partial charge in [0.15, 0.2) is 5.65 Å². The van der Waals surface area contributed by atoms with E-state index in [4.69, 9.17) is 4.42 Å². The summed E-state index contributed by atoms with van der Waals surface area (Å²) in [5.41, 5.74) is 3.04. The highest BCUT2D eigenvalue weighted by atomic mass is 16.3. The molecule has 6 heteroatoms. The first kappa shape index (κ1) is 17.8. The van der Waals surface area contributed by atoms with E-state index in [1.807, 2.05) is 26.0 Å². The fourth-order valence-electron chi connectivity index (χ4n) is 4.17. The lowest BCUT2D eigenvalue weighted by Crippen LogP contribution is -2.27. The summed E-state index contributed by atoms with van der Waals surface area (Å²) in [6.07, 6.45) is 9.11. The van der Waals surface area contributed by atoms with Gasteiger partial charge in [-0.2, -0.15) is 5.10 Å². The van der Waals surface area contributed by atoms with Crippen molar-refractivity contribution in [2.75, 3.05) is 6.54 Å². The molecule has 0 atom stereocenters. The molecule has 3 heterocycles. The van der Waals surface area contributed by atoms with Gasteiger partial charge < -0.3 is 9.73 Å². The third kappa shape index (κ3) is 3.75. The molecular weight excluding hydrogens is 340 g/mol. The fourth-order valence-corrected chi connectivity index (χ4v) is 4.17. The van der Waals surface area contributed by atoms with Crippen LogP contribution in [0.15, 0.2) is 35.1 Å². The highest BCUT2D eigenvalue weighted by molar-refractivity contribution is 5.99. The standard InChI is InChI=1S/C21H26N4O2/c1-14-12-15(2)25-20(24-14)18(13-23-25)21(26)22-10-9-16-5-7-17(8-6-16)19-4-3-11-27-19/h3-4,11-13,16-17H,5-10H2,1-2H3,(H,22,26). The Morgan fingerprint density at radius 2 is 2.11 bits per heavy atom. The third-order valence-corrected chi connectivity index (χ3v) is 5.65. The lowest BCUT2D eigenvalue weighted by molar-refractivity contribution is 0.0951. The minimum Gasteiger partial charge on any atom is -0.469 e. The molecule has 1 N–H and O–H groups in total. The van der Waals surface area contributed by atoms with E-state index in [0.717, 1.165) is 23.6 Å². The molecule has 0 radical (unpaired) electrons. The smallest absolute Gasteiger partial charge is 0.256 e. The number of carbonyl (C=O) groups excluding carboxylic acids is 1. The molecule has 1 fully saturated rings. The lowest BCUT2D eigenvalue weighted by atomic mass is 9.79. The zero-order valence-electron chi connectivity index (χ0n) is 15.9. The Morgan fingerprint density at radius 3 is 2.85 bits per heavy atom. The lowest BCUT2D eigenvalue weighted by Gasteiger charge is -2.27. The van der Waals surface area contributed by atoms with E-state index in [2.05, 4.69) is 21.5 Å². The van der Waals surface area contributed by atoms with Gasteiger partial charge in [-0.25, -0.2) is 9.50 Å². The Hall–Kier alpha value is -2.63. The van der Waals surface area contributed by atoms with Crippen LogP contribution in [0, 0.1) is 19.8 Å². The Kier molecular flexibility index (Phi) is 4.97. The molecule has 0 aliphatic heterocycles. The molecule has 3 aromatic rings. The Labute approximate surface area is 159 Å². The van der Waals surface area contributed by atoms with Gasteiger partial charge in [-0.3, -0.25) is 4.79 Å². The summed E-state index contributed by atoms with van der Waals surface area (Å²) >= 11 is 0. The average Bonchev–Trinajstić information content (AvgIpc) is 3.32. The van der Waals surface area contributed by atoms with Gasteiger partial charge in [-0.15, -0.1) is 0 Å². The molecule has 6 nitrogen and oxygen atoms in total. The van der Waals surface area contributed by atoms with Crippen molar-refractivity contribution in [1.82, 2.24) is 19.9 Å². The van der Waals surface area contributed by atoms with Crippen molar-refractivity contribution in [2.45, 2.75) is 51.9 Å².